The Balaban J connectivity index is 1.63. The number of methoxy groups -OCH3 is 1. The third-order valence-electron chi connectivity index (χ3n) is 4.32. The molecule has 0 bridgehead atoms. The van der Waals surface area contributed by atoms with Gasteiger partial charge in [0.2, 0.25) is 5.91 Å². The fourth-order valence-electron chi connectivity index (χ4n) is 2.93. The molecule has 3 heterocycles. The fraction of sp³-hybridized carbons (Fsp3) is 0.412. The zero-order valence-corrected chi connectivity index (χ0v) is 13.9. The lowest BCUT2D eigenvalue weighted by Crippen LogP contribution is -2.40. The van der Waals surface area contributed by atoms with Crippen molar-refractivity contribution in [3.63, 3.8) is 0 Å². The van der Waals surface area contributed by atoms with Crippen LogP contribution < -0.4 is 9.64 Å². The average molecular weight is 327 g/mol. The highest BCUT2D eigenvalue weighted by Gasteiger charge is 2.30. The Bertz CT molecular complexity index is 694. The fourth-order valence-corrected chi connectivity index (χ4v) is 2.93. The minimum absolute atomic E-state index is 0.0981. The molecule has 1 aliphatic heterocycles. The minimum Gasteiger partial charge on any atom is -0.478 e. The molecule has 0 aliphatic carbocycles. The molecule has 126 valence electrons. The SMILES string of the molecule is COc1nccnc1N1CC[C@@H](N(C)C(=O)Cc2cccnc2)C1. The highest BCUT2D eigenvalue weighted by Crippen LogP contribution is 2.27. The molecule has 2 aromatic rings. The van der Waals surface area contributed by atoms with E-state index in [0.717, 1.165) is 30.9 Å². The van der Waals surface area contributed by atoms with Gasteiger partial charge in [0.05, 0.1) is 19.6 Å². The number of carbonyl (C=O) groups is 1. The number of hydrogen-bond acceptors (Lipinski definition) is 6. The highest BCUT2D eigenvalue weighted by atomic mass is 16.5. The summed E-state index contributed by atoms with van der Waals surface area (Å²) in [6.45, 7) is 1.55. The second kappa shape index (κ2) is 7.25. The van der Waals surface area contributed by atoms with Crippen LogP contribution in [0.15, 0.2) is 36.9 Å². The van der Waals surface area contributed by atoms with Crippen molar-refractivity contribution >= 4 is 11.7 Å². The second-order valence-electron chi connectivity index (χ2n) is 5.82. The Morgan fingerprint density at radius 3 is 2.96 bits per heavy atom. The molecule has 1 atom stereocenters. The van der Waals surface area contributed by atoms with Gasteiger partial charge in [0, 0.05) is 44.9 Å². The molecule has 1 aliphatic rings. The zero-order chi connectivity index (χ0) is 16.9. The molecule has 3 rings (SSSR count). The number of amides is 1. The van der Waals surface area contributed by atoms with E-state index in [2.05, 4.69) is 19.9 Å². The summed E-state index contributed by atoms with van der Waals surface area (Å²) in [5, 5.41) is 0. The number of ether oxygens (including phenoxy) is 1. The predicted molar refractivity (Wildman–Crippen MR) is 89.9 cm³/mol. The quantitative estimate of drug-likeness (QED) is 0.821. The molecule has 2 aromatic heterocycles. The van der Waals surface area contributed by atoms with E-state index in [0.29, 0.717) is 12.3 Å². The van der Waals surface area contributed by atoms with E-state index in [1.54, 1.807) is 31.9 Å². The summed E-state index contributed by atoms with van der Waals surface area (Å²) < 4.78 is 5.28. The van der Waals surface area contributed by atoms with E-state index in [1.165, 1.54) is 0 Å². The summed E-state index contributed by atoms with van der Waals surface area (Å²) in [7, 11) is 3.45. The number of aromatic nitrogens is 3. The van der Waals surface area contributed by atoms with Gasteiger partial charge in [-0.15, -0.1) is 0 Å². The van der Waals surface area contributed by atoms with Gasteiger partial charge in [0.25, 0.3) is 5.88 Å². The molecule has 1 fully saturated rings. The number of pyridine rings is 1. The van der Waals surface area contributed by atoms with Crippen LogP contribution in [0.2, 0.25) is 0 Å². The Kier molecular flexibility index (Phi) is 4.88. The first-order valence-electron chi connectivity index (χ1n) is 7.93. The zero-order valence-electron chi connectivity index (χ0n) is 13.9. The molecule has 0 N–H and O–H groups in total. The van der Waals surface area contributed by atoms with Crippen molar-refractivity contribution in [1.29, 1.82) is 0 Å². The van der Waals surface area contributed by atoms with Gasteiger partial charge in [-0.25, -0.2) is 9.97 Å². The molecule has 7 heteroatoms. The molecule has 0 spiro atoms. The van der Waals surface area contributed by atoms with E-state index in [4.69, 9.17) is 4.74 Å². The number of likely N-dealkylation sites (N-methyl/N-ethyl adjacent to an activating group) is 1. The maximum absolute atomic E-state index is 12.5. The smallest absolute Gasteiger partial charge is 0.257 e. The van der Waals surface area contributed by atoms with E-state index in [-0.39, 0.29) is 11.9 Å². The molecule has 24 heavy (non-hydrogen) atoms. The van der Waals surface area contributed by atoms with Crippen LogP contribution in [-0.4, -0.2) is 59.0 Å². The Hall–Kier alpha value is -2.70. The Morgan fingerprint density at radius 2 is 2.21 bits per heavy atom. The molecular formula is C17H21N5O2. The van der Waals surface area contributed by atoms with Crippen LogP contribution in [0.25, 0.3) is 0 Å². The van der Waals surface area contributed by atoms with Gasteiger partial charge in [-0.2, -0.15) is 0 Å². The highest BCUT2D eigenvalue weighted by molar-refractivity contribution is 5.79. The van der Waals surface area contributed by atoms with Gasteiger partial charge in [-0.3, -0.25) is 9.78 Å². The van der Waals surface area contributed by atoms with Crippen LogP contribution in [0.4, 0.5) is 5.82 Å². The van der Waals surface area contributed by atoms with Crippen molar-refractivity contribution in [2.75, 3.05) is 32.1 Å². The molecule has 0 saturated carbocycles. The monoisotopic (exact) mass is 327 g/mol. The molecule has 1 amide bonds. The summed E-state index contributed by atoms with van der Waals surface area (Å²) in [5.74, 6) is 1.35. The van der Waals surface area contributed by atoms with Crippen molar-refractivity contribution < 1.29 is 9.53 Å². The van der Waals surface area contributed by atoms with Gasteiger partial charge >= 0.3 is 0 Å². The van der Waals surface area contributed by atoms with Gasteiger partial charge in [0.15, 0.2) is 5.82 Å². The predicted octanol–water partition coefficient (Wildman–Crippen LogP) is 1.16. The Morgan fingerprint density at radius 1 is 1.38 bits per heavy atom. The normalized spacial score (nSPS) is 16.9. The Labute approximate surface area is 141 Å². The van der Waals surface area contributed by atoms with Crippen LogP contribution in [0.5, 0.6) is 5.88 Å². The lowest BCUT2D eigenvalue weighted by Gasteiger charge is -2.25. The summed E-state index contributed by atoms with van der Waals surface area (Å²) in [6, 6.07) is 3.92. The summed E-state index contributed by atoms with van der Waals surface area (Å²) >= 11 is 0. The van der Waals surface area contributed by atoms with E-state index < -0.39 is 0 Å². The van der Waals surface area contributed by atoms with Crippen molar-refractivity contribution in [3.05, 3.63) is 42.5 Å². The summed E-state index contributed by atoms with van der Waals surface area (Å²) in [5.41, 5.74) is 0.930. The molecule has 0 unspecified atom stereocenters. The lowest BCUT2D eigenvalue weighted by molar-refractivity contribution is -0.130. The number of anilines is 1. The van der Waals surface area contributed by atoms with Gasteiger partial charge in [-0.05, 0) is 18.1 Å². The van der Waals surface area contributed by atoms with Gasteiger partial charge in [0.1, 0.15) is 0 Å². The van der Waals surface area contributed by atoms with Crippen molar-refractivity contribution in [3.8, 4) is 5.88 Å². The standard InChI is InChI=1S/C17H21N5O2/c1-21(15(23)10-13-4-3-6-18-11-13)14-5-9-22(12-14)16-17(24-2)20-8-7-19-16/h3-4,6-8,11,14H,5,9-10,12H2,1-2H3/t14-/m1/s1. The third kappa shape index (κ3) is 3.45. The lowest BCUT2D eigenvalue weighted by atomic mass is 10.1. The average Bonchev–Trinajstić information content (AvgIpc) is 3.11. The van der Waals surface area contributed by atoms with Crippen LogP contribution in [0.3, 0.4) is 0 Å². The first-order valence-corrected chi connectivity index (χ1v) is 7.93. The van der Waals surface area contributed by atoms with Crippen molar-refractivity contribution in [2.45, 2.75) is 18.9 Å². The largest absolute Gasteiger partial charge is 0.478 e. The van der Waals surface area contributed by atoms with E-state index >= 15 is 0 Å². The maximum atomic E-state index is 12.5. The number of hydrogen-bond donors (Lipinski definition) is 0. The number of nitrogens with zero attached hydrogens (tertiary/aromatic N) is 5. The maximum Gasteiger partial charge on any atom is 0.257 e. The minimum atomic E-state index is 0.0981. The summed E-state index contributed by atoms with van der Waals surface area (Å²) in [4.78, 5) is 29.0. The summed E-state index contributed by atoms with van der Waals surface area (Å²) in [6.07, 6.45) is 7.98. The van der Waals surface area contributed by atoms with Crippen LogP contribution in [0, 0.1) is 0 Å². The molecular weight excluding hydrogens is 306 g/mol. The molecule has 0 radical (unpaired) electrons. The first-order chi connectivity index (χ1) is 11.7. The molecule has 1 saturated heterocycles. The molecule has 0 aromatic carbocycles. The van der Waals surface area contributed by atoms with E-state index in [9.17, 15) is 4.79 Å². The van der Waals surface area contributed by atoms with Crippen molar-refractivity contribution in [2.24, 2.45) is 0 Å². The second-order valence-corrected chi connectivity index (χ2v) is 5.82. The number of rotatable bonds is 5. The first kappa shape index (κ1) is 16.2. The van der Waals surface area contributed by atoms with Gasteiger partial charge in [-0.1, -0.05) is 6.07 Å². The van der Waals surface area contributed by atoms with Crippen LogP contribution in [0.1, 0.15) is 12.0 Å². The third-order valence-corrected chi connectivity index (χ3v) is 4.32. The number of carbonyl (C=O) groups excluding carboxylic acids is 1. The van der Waals surface area contributed by atoms with Crippen molar-refractivity contribution in [1.82, 2.24) is 19.9 Å². The van der Waals surface area contributed by atoms with Crippen LogP contribution >= 0.6 is 0 Å². The van der Waals surface area contributed by atoms with E-state index in [1.807, 2.05) is 24.1 Å². The van der Waals surface area contributed by atoms with Gasteiger partial charge < -0.3 is 14.5 Å². The topological polar surface area (TPSA) is 71.5 Å². The molecule has 7 nitrogen and oxygen atoms in total. The van der Waals surface area contributed by atoms with Crippen LogP contribution in [-0.2, 0) is 11.2 Å².